The summed E-state index contributed by atoms with van der Waals surface area (Å²) >= 11 is 0. The molecule has 5 heteroatoms. The number of hydrogen-bond acceptors (Lipinski definition) is 4. The Hall–Kier alpha value is -2.55. The first-order valence-corrected chi connectivity index (χ1v) is 13.0. The van der Waals surface area contributed by atoms with Crippen LogP contribution in [-0.2, 0) is 15.5 Å². The lowest BCUT2D eigenvalue weighted by atomic mass is 9.84. The van der Waals surface area contributed by atoms with Gasteiger partial charge in [0.15, 0.2) is 0 Å². The van der Waals surface area contributed by atoms with Crippen LogP contribution in [0.15, 0.2) is 84.9 Å². The van der Waals surface area contributed by atoms with Crippen LogP contribution in [0.4, 0.5) is 0 Å². The van der Waals surface area contributed by atoms with Crippen molar-refractivity contribution in [2.75, 3.05) is 6.61 Å². The molecule has 1 aliphatic rings. The van der Waals surface area contributed by atoms with Gasteiger partial charge in [0.1, 0.15) is 11.5 Å². The van der Waals surface area contributed by atoms with Crippen molar-refractivity contribution in [3.05, 3.63) is 96.1 Å². The molecule has 3 aromatic carbocycles. The average molecular weight is 451 g/mol. The molecule has 0 aromatic heterocycles. The molecule has 32 heavy (non-hydrogen) atoms. The second kappa shape index (κ2) is 11.4. The molecule has 3 aromatic rings. The van der Waals surface area contributed by atoms with Crippen molar-refractivity contribution in [2.24, 2.45) is 0 Å². The normalized spacial score (nSPS) is 14.8. The lowest BCUT2D eigenvalue weighted by Gasteiger charge is -2.22. The Balaban J connectivity index is 1.32. The van der Waals surface area contributed by atoms with Crippen molar-refractivity contribution in [1.29, 1.82) is 0 Å². The van der Waals surface area contributed by atoms with Gasteiger partial charge in [-0.3, -0.25) is 4.52 Å². The zero-order valence-electron chi connectivity index (χ0n) is 18.4. The molecule has 4 nitrogen and oxygen atoms in total. The van der Waals surface area contributed by atoms with Gasteiger partial charge in [-0.15, -0.1) is 0 Å². The van der Waals surface area contributed by atoms with Gasteiger partial charge >= 0.3 is 7.82 Å². The Labute approximate surface area is 191 Å². The second-order valence-corrected chi connectivity index (χ2v) is 9.79. The summed E-state index contributed by atoms with van der Waals surface area (Å²) in [6.45, 7) is 0.279. The van der Waals surface area contributed by atoms with E-state index in [1.807, 2.05) is 36.4 Å². The fourth-order valence-electron chi connectivity index (χ4n) is 4.14. The zero-order valence-corrected chi connectivity index (χ0v) is 19.3. The average Bonchev–Trinajstić information content (AvgIpc) is 2.84. The second-order valence-electron chi connectivity index (χ2n) is 8.27. The molecule has 4 rings (SSSR count). The molecule has 0 heterocycles. The molecule has 1 fully saturated rings. The van der Waals surface area contributed by atoms with E-state index in [4.69, 9.17) is 13.6 Å². The Morgan fingerprint density at radius 1 is 0.719 bits per heavy atom. The van der Waals surface area contributed by atoms with Crippen molar-refractivity contribution >= 4 is 7.82 Å². The first-order valence-electron chi connectivity index (χ1n) is 11.5. The topological polar surface area (TPSA) is 44.8 Å². The first-order chi connectivity index (χ1) is 15.7. The van der Waals surface area contributed by atoms with Gasteiger partial charge in [0.05, 0.1) is 6.61 Å². The van der Waals surface area contributed by atoms with Gasteiger partial charge in [-0.2, -0.15) is 0 Å². The van der Waals surface area contributed by atoms with Crippen molar-refractivity contribution in [3.63, 3.8) is 0 Å². The summed E-state index contributed by atoms with van der Waals surface area (Å²) in [5.41, 5.74) is 2.72. The standard InChI is InChI=1S/C27H31O4P/c28-32(30-26-14-6-2-7-15-26,31-27-16-8-3-9-17-27)29-22-10-11-23-18-20-25(21-19-23)24-12-4-1-5-13-24/h2-3,6-9,14-21,24H,1,4-5,10-13,22H2. The summed E-state index contributed by atoms with van der Waals surface area (Å²) in [7, 11) is -3.81. The van der Waals surface area contributed by atoms with Gasteiger partial charge in [0.25, 0.3) is 0 Å². The lowest BCUT2D eigenvalue weighted by molar-refractivity contribution is 0.207. The van der Waals surface area contributed by atoms with E-state index in [1.165, 1.54) is 43.2 Å². The summed E-state index contributed by atoms with van der Waals surface area (Å²) in [6.07, 6.45) is 8.27. The molecule has 0 saturated heterocycles. The highest BCUT2D eigenvalue weighted by atomic mass is 31.2. The molecule has 0 bridgehead atoms. The predicted molar refractivity (Wildman–Crippen MR) is 128 cm³/mol. The number of phosphoric acid groups is 1. The van der Waals surface area contributed by atoms with E-state index in [0.29, 0.717) is 11.5 Å². The van der Waals surface area contributed by atoms with Crippen LogP contribution in [0.2, 0.25) is 0 Å². The fourth-order valence-corrected chi connectivity index (χ4v) is 5.39. The quantitative estimate of drug-likeness (QED) is 0.232. The van der Waals surface area contributed by atoms with E-state index in [2.05, 4.69) is 24.3 Å². The van der Waals surface area contributed by atoms with Gasteiger partial charge in [0, 0.05) is 0 Å². The minimum Gasteiger partial charge on any atom is -0.395 e. The number of benzene rings is 3. The van der Waals surface area contributed by atoms with Crippen LogP contribution in [0.5, 0.6) is 11.5 Å². The third kappa shape index (κ3) is 6.72. The Morgan fingerprint density at radius 3 is 1.84 bits per heavy atom. The lowest BCUT2D eigenvalue weighted by Crippen LogP contribution is -2.07. The number of phosphoric ester groups is 1. The van der Waals surface area contributed by atoms with Gasteiger partial charge in [-0.05, 0) is 67.0 Å². The zero-order chi connectivity index (χ0) is 22.1. The van der Waals surface area contributed by atoms with E-state index < -0.39 is 7.82 Å². The monoisotopic (exact) mass is 450 g/mol. The molecule has 1 aliphatic carbocycles. The molecule has 168 valence electrons. The molecule has 0 unspecified atom stereocenters. The van der Waals surface area contributed by atoms with Gasteiger partial charge in [-0.1, -0.05) is 79.9 Å². The Kier molecular flexibility index (Phi) is 8.03. The van der Waals surface area contributed by atoms with Crippen LogP contribution in [0, 0.1) is 0 Å². The first kappa shape index (κ1) is 22.6. The van der Waals surface area contributed by atoms with Gasteiger partial charge < -0.3 is 9.05 Å². The van der Waals surface area contributed by atoms with Crippen LogP contribution in [0.1, 0.15) is 55.6 Å². The SMILES string of the molecule is O=P(OCCCc1ccc(C2CCCCC2)cc1)(Oc1ccccc1)Oc1ccccc1. The van der Waals surface area contributed by atoms with Crippen molar-refractivity contribution < 1.29 is 18.1 Å². The molecule has 1 saturated carbocycles. The van der Waals surface area contributed by atoms with Crippen LogP contribution in [0.25, 0.3) is 0 Å². The maximum atomic E-state index is 13.3. The summed E-state index contributed by atoms with van der Waals surface area (Å²) in [5.74, 6) is 1.62. The van der Waals surface area contributed by atoms with Crippen LogP contribution in [0.3, 0.4) is 0 Å². The van der Waals surface area contributed by atoms with Crippen molar-refractivity contribution in [3.8, 4) is 11.5 Å². The summed E-state index contributed by atoms with van der Waals surface area (Å²) < 4.78 is 30.3. The molecular formula is C27H31O4P. The third-order valence-corrected chi connectivity index (χ3v) is 7.20. The van der Waals surface area contributed by atoms with Crippen molar-refractivity contribution in [2.45, 2.75) is 50.9 Å². The van der Waals surface area contributed by atoms with E-state index in [-0.39, 0.29) is 6.61 Å². The summed E-state index contributed by atoms with van der Waals surface area (Å²) in [5, 5.41) is 0. The Bertz CT molecular complexity index is 938. The fraction of sp³-hybridized carbons (Fsp3) is 0.333. The number of aryl methyl sites for hydroxylation is 1. The highest BCUT2D eigenvalue weighted by molar-refractivity contribution is 7.49. The van der Waals surface area contributed by atoms with E-state index in [9.17, 15) is 4.57 Å². The summed E-state index contributed by atoms with van der Waals surface area (Å²) in [4.78, 5) is 0. The van der Waals surface area contributed by atoms with E-state index in [1.54, 1.807) is 24.3 Å². The smallest absolute Gasteiger partial charge is 0.395 e. The molecule has 0 radical (unpaired) electrons. The van der Waals surface area contributed by atoms with Crippen molar-refractivity contribution in [1.82, 2.24) is 0 Å². The number of hydrogen-bond donors (Lipinski definition) is 0. The van der Waals surface area contributed by atoms with Crippen LogP contribution < -0.4 is 9.05 Å². The molecule has 0 spiro atoms. The largest absolute Gasteiger partial charge is 0.587 e. The maximum Gasteiger partial charge on any atom is 0.587 e. The maximum absolute atomic E-state index is 13.3. The minimum atomic E-state index is -3.81. The highest BCUT2D eigenvalue weighted by Crippen LogP contribution is 2.49. The highest BCUT2D eigenvalue weighted by Gasteiger charge is 2.30. The summed E-state index contributed by atoms with van der Waals surface area (Å²) in [6, 6.07) is 26.9. The predicted octanol–water partition coefficient (Wildman–Crippen LogP) is 7.95. The number of para-hydroxylation sites is 2. The Morgan fingerprint density at radius 2 is 1.28 bits per heavy atom. The van der Waals surface area contributed by atoms with E-state index in [0.717, 1.165) is 18.8 Å². The molecule has 0 atom stereocenters. The van der Waals surface area contributed by atoms with Crippen LogP contribution in [-0.4, -0.2) is 6.61 Å². The third-order valence-electron chi connectivity index (χ3n) is 5.84. The van der Waals surface area contributed by atoms with Gasteiger partial charge in [0.2, 0.25) is 0 Å². The minimum absolute atomic E-state index is 0.279. The van der Waals surface area contributed by atoms with Gasteiger partial charge in [-0.25, -0.2) is 4.57 Å². The van der Waals surface area contributed by atoms with Crippen LogP contribution >= 0.6 is 7.82 Å². The molecule has 0 amide bonds. The molecule has 0 aliphatic heterocycles. The van der Waals surface area contributed by atoms with E-state index >= 15 is 0 Å². The number of rotatable bonds is 10. The molecular weight excluding hydrogens is 419 g/mol. The molecule has 0 N–H and O–H groups in total.